The smallest absolute Gasteiger partial charge is 0.225 e. The molecular weight excluding hydrogens is 535 g/mol. The van der Waals surface area contributed by atoms with Gasteiger partial charge in [-0.25, -0.2) is 0 Å². The summed E-state index contributed by atoms with van der Waals surface area (Å²) in [6, 6.07) is 13.9. The molecule has 1 amide bonds. The lowest BCUT2D eigenvalue weighted by Crippen LogP contribution is -2.40. The fraction of sp³-hybridized carbons (Fsp3) is 0.300. The normalized spacial score (nSPS) is 15.8. The number of halogens is 2. The lowest BCUT2D eigenvalue weighted by molar-refractivity contribution is -0.116. The van der Waals surface area contributed by atoms with Gasteiger partial charge in [0.15, 0.2) is 5.96 Å². The van der Waals surface area contributed by atoms with Crippen molar-refractivity contribution in [2.75, 3.05) is 26.0 Å². The topological polar surface area (TPSA) is 74.8 Å². The first-order valence-corrected chi connectivity index (χ1v) is 9.55. The molecule has 6 nitrogen and oxygen atoms in total. The Hall–Kier alpha value is -1.81. The van der Waals surface area contributed by atoms with Crippen LogP contribution >= 0.6 is 39.9 Å². The minimum atomic E-state index is 0. The van der Waals surface area contributed by atoms with Crippen LogP contribution in [-0.4, -0.2) is 32.6 Å². The number of benzene rings is 2. The Bertz CT molecular complexity index is 860. The monoisotopic (exact) mass is 558 g/mol. The summed E-state index contributed by atoms with van der Waals surface area (Å²) in [5.41, 5.74) is 3.15. The molecule has 0 aliphatic carbocycles. The van der Waals surface area contributed by atoms with Gasteiger partial charge in [-0.15, -0.1) is 24.0 Å². The van der Waals surface area contributed by atoms with E-state index in [2.05, 4.69) is 42.9 Å². The van der Waals surface area contributed by atoms with Crippen LogP contribution in [0.1, 0.15) is 23.5 Å². The lowest BCUT2D eigenvalue weighted by Gasteiger charge is -2.26. The molecule has 1 atom stereocenters. The standard InChI is InChI=1S/C20H23BrN4O2.HI/c1-22-20(23-11-13-7-8-18(27-2)16(21)9-13)24-12-14-10-19(26)25-17-6-4-3-5-15(14)17;/h3-9,14H,10-12H2,1-2H3,(H,25,26)(H2,22,23,24);1H. The molecule has 0 bridgehead atoms. The van der Waals surface area contributed by atoms with Crippen LogP contribution < -0.4 is 20.7 Å². The molecule has 1 heterocycles. The number of hydrogen-bond acceptors (Lipinski definition) is 3. The van der Waals surface area contributed by atoms with Crippen molar-refractivity contribution < 1.29 is 9.53 Å². The third kappa shape index (κ3) is 5.60. The molecule has 0 spiro atoms. The number of nitrogens with zero attached hydrogens (tertiary/aromatic N) is 1. The Labute approximate surface area is 190 Å². The molecule has 0 aromatic heterocycles. The molecule has 0 saturated heterocycles. The van der Waals surface area contributed by atoms with E-state index in [1.165, 1.54) is 0 Å². The zero-order chi connectivity index (χ0) is 19.2. The third-order valence-corrected chi connectivity index (χ3v) is 5.14. The first-order chi connectivity index (χ1) is 13.1. The van der Waals surface area contributed by atoms with Gasteiger partial charge in [-0.3, -0.25) is 9.79 Å². The van der Waals surface area contributed by atoms with Gasteiger partial charge in [0.1, 0.15) is 5.75 Å². The van der Waals surface area contributed by atoms with Gasteiger partial charge in [-0.05, 0) is 45.3 Å². The van der Waals surface area contributed by atoms with Gasteiger partial charge in [-0.2, -0.15) is 0 Å². The van der Waals surface area contributed by atoms with Crippen molar-refractivity contribution in [2.24, 2.45) is 4.99 Å². The highest BCUT2D eigenvalue weighted by Crippen LogP contribution is 2.31. The number of guanidine groups is 1. The SMILES string of the molecule is CN=C(NCc1ccc(OC)c(Br)c1)NCC1CC(=O)Nc2ccccc21.I. The van der Waals surface area contributed by atoms with Crippen molar-refractivity contribution in [1.82, 2.24) is 10.6 Å². The molecule has 3 rings (SSSR count). The zero-order valence-electron chi connectivity index (χ0n) is 15.8. The van der Waals surface area contributed by atoms with Crippen molar-refractivity contribution in [3.8, 4) is 5.75 Å². The number of nitrogens with one attached hydrogen (secondary N) is 3. The summed E-state index contributed by atoms with van der Waals surface area (Å²) in [7, 11) is 3.38. The number of rotatable bonds is 5. The maximum atomic E-state index is 11.9. The number of para-hydroxylation sites is 1. The number of ether oxygens (including phenoxy) is 1. The fourth-order valence-corrected chi connectivity index (χ4v) is 3.72. The highest BCUT2D eigenvalue weighted by atomic mass is 127. The number of carbonyl (C=O) groups excluding carboxylic acids is 1. The number of carbonyl (C=O) groups is 1. The van der Waals surface area contributed by atoms with Gasteiger partial charge >= 0.3 is 0 Å². The largest absolute Gasteiger partial charge is 0.496 e. The predicted octanol–water partition coefficient (Wildman–Crippen LogP) is 3.87. The van der Waals surface area contributed by atoms with E-state index in [1.807, 2.05) is 36.4 Å². The maximum absolute atomic E-state index is 11.9. The molecule has 150 valence electrons. The number of methoxy groups -OCH3 is 1. The molecule has 1 aliphatic heterocycles. The van der Waals surface area contributed by atoms with Crippen LogP contribution in [0.25, 0.3) is 0 Å². The highest BCUT2D eigenvalue weighted by Gasteiger charge is 2.24. The maximum Gasteiger partial charge on any atom is 0.225 e. The second-order valence-electron chi connectivity index (χ2n) is 6.31. The Morgan fingerprint density at radius 3 is 2.79 bits per heavy atom. The second-order valence-corrected chi connectivity index (χ2v) is 7.17. The molecule has 0 saturated carbocycles. The number of fused-ring (bicyclic) bond motifs is 1. The minimum absolute atomic E-state index is 0. The molecule has 2 aromatic rings. The Kier molecular flexibility index (Phi) is 8.56. The highest BCUT2D eigenvalue weighted by molar-refractivity contribution is 14.0. The summed E-state index contributed by atoms with van der Waals surface area (Å²) in [6.07, 6.45) is 0.465. The van der Waals surface area contributed by atoms with Crippen LogP contribution in [0.5, 0.6) is 5.75 Å². The fourth-order valence-electron chi connectivity index (χ4n) is 3.13. The van der Waals surface area contributed by atoms with Crippen LogP contribution in [0.4, 0.5) is 5.69 Å². The Morgan fingerprint density at radius 1 is 1.29 bits per heavy atom. The average Bonchev–Trinajstić information content (AvgIpc) is 2.68. The van der Waals surface area contributed by atoms with Crippen LogP contribution in [-0.2, 0) is 11.3 Å². The van der Waals surface area contributed by atoms with Gasteiger partial charge in [0.2, 0.25) is 5.91 Å². The molecule has 3 N–H and O–H groups in total. The van der Waals surface area contributed by atoms with Gasteiger partial charge in [0, 0.05) is 38.2 Å². The van der Waals surface area contributed by atoms with E-state index in [0.29, 0.717) is 25.5 Å². The van der Waals surface area contributed by atoms with E-state index in [-0.39, 0.29) is 35.8 Å². The zero-order valence-corrected chi connectivity index (χ0v) is 19.7. The minimum Gasteiger partial charge on any atom is -0.496 e. The van der Waals surface area contributed by atoms with Crippen LogP contribution in [0.2, 0.25) is 0 Å². The number of amides is 1. The number of aliphatic imine (C=N–C) groups is 1. The molecular formula is C20H24BrIN4O2. The van der Waals surface area contributed by atoms with Gasteiger partial charge in [-0.1, -0.05) is 24.3 Å². The van der Waals surface area contributed by atoms with E-state index < -0.39 is 0 Å². The van der Waals surface area contributed by atoms with Gasteiger partial charge in [0.25, 0.3) is 0 Å². The first kappa shape index (κ1) is 22.5. The molecule has 28 heavy (non-hydrogen) atoms. The first-order valence-electron chi connectivity index (χ1n) is 8.76. The summed E-state index contributed by atoms with van der Waals surface area (Å²) in [4.78, 5) is 16.2. The molecule has 1 unspecified atom stereocenters. The van der Waals surface area contributed by atoms with E-state index in [9.17, 15) is 4.79 Å². The van der Waals surface area contributed by atoms with Crippen molar-refractivity contribution >= 4 is 57.5 Å². The van der Waals surface area contributed by atoms with Crippen molar-refractivity contribution in [2.45, 2.75) is 18.9 Å². The van der Waals surface area contributed by atoms with E-state index in [1.54, 1.807) is 14.2 Å². The van der Waals surface area contributed by atoms with Gasteiger partial charge in [0.05, 0.1) is 11.6 Å². The van der Waals surface area contributed by atoms with Crippen LogP contribution in [0.15, 0.2) is 51.9 Å². The van der Waals surface area contributed by atoms with Crippen LogP contribution in [0, 0.1) is 0 Å². The summed E-state index contributed by atoms with van der Waals surface area (Å²) >= 11 is 3.50. The van der Waals surface area contributed by atoms with Gasteiger partial charge < -0.3 is 20.7 Å². The molecule has 0 radical (unpaired) electrons. The summed E-state index contributed by atoms with van der Waals surface area (Å²) < 4.78 is 6.17. The average molecular weight is 559 g/mol. The van der Waals surface area contributed by atoms with Crippen LogP contribution in [0.3, 0.4) is 0 Å². The number of anilines is 1. The van der Waals surface area contributed by atoms with Crippen molar-refractivity contribution in [3.05, 3.63) is 58.1 Å². The van der Waals surface area contributed by atoms with E-state index >= 15 is 0 Å². The quantitative estimate of drug-likeness (QED) is 0.296. The molecule has 1 aliphatic rings. The Morgan fingerprint density at radius 2 is 2.07 bits per heavy atom. The number of hydrogen-bond donors (Lipinski definition) is 3. The summed E-state index contributed by atoms with van der Waals surface area (Å²) in [5, 5.41) is 9.56. The summed E-state index contributed by atoms with van der Waals surface area (Å²) in [6.45, 7) is 1.26. The summed E-state index contributed by atoms with van der Waals surface area (Å²) in [5.74, 6) is 1.66. The lowest BCUT2D eigenvalue weighted by atomic mass is 9.90. The van der Waals surface area contributed by atoms with E-state index in [0.717, 1.165) is 27.0 Å². The second kappa shape index (κ2) is 10.7. The Balaban J connectivity index is 0.00000280. The molecule has 2 aromatic carbocycles. The third-order valence-electron chi connectivity index (χ3n) is 4.52. The predicted molar refractivity (Wildman–Crippen MR) is 127 cm³/mol. The molecule has 0 fully saturated rings. The van der Waals surface area contributed by atoms with Crippen molar-refractivity contribution in [1.29, 1.82) is 0 Å². The van der Waals surface area contributed by atoms with E-state index in [4.69, 9.17) is 4.74 Å². The van der Waals surface area contributed by atoms with Crippen molar-refractivity contribution in [3.63, 3.8) is 0 Å². The molecule has 8 heteroatoms.